The van der Waals surface area contributed by atoms with Gasteiger partial charge in [0.15, 0.2) is 0 Å². The molecule has 3 nitrogen and oxygen atoms in total. The maximum atomic E-state index is 13.0. The number of halogens is 1. The van der Waals surface area contributed by atoms with Crippen LogP contribution in [-0.2, 0) is 11.2 Å². The van der Waals surface area contributed by atoms with Crippen molar-refractivity contribution in [2.24, 2.45) is 11.7 Å². The third-order valence-electron chi connectivity index (χ3n) is 3.61. The van der Waals surface area contributed by atoms with E-state index in [1.54, 1.807) is 17.0 Å². The van der Waals surface area contributed by atoms with E-state index in [0.29, 0.717) is 18.0 Å². The van der Waals surface area contributed by atoms with Crippen LogP contribution < -0.4 is 5.73 Å². The summed E-state index contributed by atoms with van der Waals surface area (Å²) in [5.41, 5.74) is 6.69. The van der Waals surface area contributed by atoms with Crippen molar-refractivity contribution in [1.29, 1.82) is 0 Å². The van der Waals surface area contributed by atoms with Gasteiger partial charge in [0.1, 0.15) is 5.82 Å². The van der Waals surface area contributed by atoms with E-state index in [1.807, 2.05) is 0 Å². The Hall–Kier alpha value is -1.42. The first-order valence-corrected chi connectivity index (χ1v) is 6.34. The van der Waals surface area contributed by atoms with Crippen LogP contribution in [0.1, 0.15) is 18.9 Å². The third-order valence-corrected chi connectivity index (χ3v) is 3.61. The fraction of sp³-hybridized carbons (Fsp3) is 0.500. The summed E-state index contributed by atoms with van der Waals surface area (Å²) < 4.78 is 13.0. The highest BCUT2D eigenvalue weighted by Gasteiger charge is 2.26. The average Bonchev–Trinajstić information content (AvgIpc) is 2.32. The summed E-state index contributed by atoms with van der Waals surface area (Å²) in [6.07, 6.45) is 1.19. The lowest BCUT2D eigenvalue weighted by Crippen LogP contribution is -2.50. The van der Waals surface area contributed by atoms with Crippen molar-refractivity contribution in [2.45, 2.75) is 25.8 Å². The molecule has 1 fully saturated rings. The summed E-state index contributed by atoms with van der Waals surface area (Å²) in [5, 5.41) is 0. The molecule has 2 atom stereocenters. The number of hydrogen-bond donors (Lipinski definition) is 1. The van der Waals surface area contributed by atoms with Crippen LogP contribution in [0.25, 0.3) is 0 Å². The predicted octanol–water partition coefficient (Wildman–Crippen LogP) is 1.56. The highest BCUT2D eigenvalue weighted by Crippen LogP contribution is 2.16. The maximum absolute atomic E-state index is 13.0. The van der Waals surface area contributed by atoms with Crippen molar-refractivity contribution < 1.29 is 9.18 Å². The van der Waals surface area contributed by atoms with Gasteiger partial charge in [-0.05, 0) is 30.0 Å². The van der Waals surface area contributed by atoms with Crippen molar-refractivity contribution in [1.82, 2.24) is 4.90 Å². The number of nitrogens with zero attached hydrogens (tertiary/aromatic N) is 1. The Bertz CT molecular complexity index is 436. The molecule has 98 valence electrons. The van der Waals surface area contributed by atoms with Gasteiger partial charge in [-0.2, -0.15) is 0 Å². The Morgan fingerprint density at radius 3 is 3.00 bits per heavy atom. The minimum Gasteiger partial charge on any atom is -0.341 e. The normalized spacial score (nSPS) is 24.1. The smallest absolute Gasteiger partial charge is 0.227 e. The van der Waals surface area contributed by atoms with Crippen molar-refractivity contribution >= 4 is 5.91 Å². The van der Waals surface area contributed by atoms with Gasteiger partial charge < -0.3 is 10.6 Å². The van der Waals surface area contributed by atoms with Gasteiger partial charge in [-0.25, -0.2) is 4.39 Å². The SMILES string of the molecule is CC1CCN(C(=O)Cc2cccc(F)c2)CC1N. The molecule has 1 aliphatic rings. The van der Waals surface area contributed by atoms with E-state index in [9.17, 15) is 9.18 Å². The molecule has 18 heavy (non-hydrogen) atoms. The van der Waals surface area contributed by atoms with Crippen LogP contribution in [0.15, 0.2) is 24.3 Å². The molecule has 1 saturated heterocycles. The molecule has 1 amide bonds. The summed E-state index contributed by atoms with van der Waals surface area (Å²) >= 11 is 0. The van der Waals surface area contributed by atoms with Crippen LogP contribution in [0.3, 0.4) is 0 Å². The summed E-state index contributed by atoms with van der Waals surface area (Å²) in [5.74, 6) is 0.190. The van der Waals surface area contributed by atoms with E-state index in [-0.39, 0.29) is 24.2 Å². The number of piperidine rings is 1. The predicted molar refractivity (Wildman–Crippen MR) is 68.4 cm³/mol. The molecule has 0 saturated carbocycles. The van der Waals surface area contributed by atoms with Crippen LogP contribution >= 0.6 is 0 Å². The number of benzene rings is 1. The highest BCUT2D eigenvalue weighted by atomic mass is 19.1. The molecule has 0 bridgehead atoms. The zero-order valence-corrected chi connectivity index (χ0v) is 10.6. The fourth-order valence-corrected chi connectivity index (χ4v) is 2.26. The zero-order chi connectivity index (χ0) is 13.1. The molecule has 0 aliphatic carbocycles. The van der Waals surface area contributed by atoms with E-state index < -0.39 is 0 Å². The van der Waals surface area contributed by atoms with E-state index >= 15 is 0 Å². The highest BCUT2D eigenvalue weighted by molar-refractivity contribution is 5.78. The van der Waals surface area contributed by atoms with Crippen molar-refractivity contribution in [3.8, 4) is 0 Å². The molecular formula is C14H19FN2O. The largest absolute Gasteiger partial charge is 0.341 e. The lowest BCUT2D eigenvalue weighted by Gasteiger charge is -2.35. The number of carbonyl (C=O) groups excluding carboxylic acids is 1. The lowest BCUT2D eigenvalue weighted by molar-refractivity contribution is -0.132. The maximum Gasteiger partial charge on any atom is 0.227 e. The number of hydrogen-bond acceptors (Lipinski definition) is 2. The second kappa shape index (κ2) is 5.48. The quantitative estimate of drug-likeness (QED) is 0.866. The standard InChI is InChI=1S/C14H19FN2O/c1-10-5-6-17(9-13(10)16)14(18)8-11-3-2-4-12(15)7-11/h2-4,7,10,13H,5-6,8-9,16H2,1H3. The number of carbonyl (C=O) groups is 1. The van der Waals surface area contributed by atoms with E-state index in [0.717, 1.165) is 13.0 Å². The van der Waals surface area contributed by atoms with Crippen LogP contribution in [0.5, 0.6) is 0 Å². The van der Waals surface area contributed by atoms with Gasteiger partial charge in [0.05, 0.1) is 6.42 Å². The zero-order valence-electron chi connectivity index (χ0n) is 10.6. The Kier molecular flexibility index (Phi) is 3.97. The first-order chi connectivity index (χ1) is 8.56. The molecule has 1 aromatic carbocycles. The van der Waals surface area contributed by atoms with Gasteiger partial charge in [-0.3, -0.25) is 4.79 Å². The molecular weight excluding hydrogens is 231 g/mol. The van der Waals surface area contributed by atoms with Gasteiger partial charge in [0.25, 0.3) is 0 Å². The van der Waals surface area contributed by atoms with Crippen LogP contribution in [-0.4, -0.2) is 29.9 Å². The molecule has 2 rings (SSSR count). The minimum atomic E-state index is -0.302. The van der Waals surface area contributed by atoms with Crippen LogP contribution in [0.4, 0.5) is 4.39 Å². The van der Waals surface area contributed by atoms with Crippen LogP contribution in [0, 0.1) is 11.7 Å². The summed E-state index contributed by atoms with van der Waals surface area (Å²) in [6, 6.07) is 6.24. The summed E-state index contributed by atoms with van der Waals surface area (Å²) in [7, 11) is 0. The lowest BCUT2D eigenvalue weighted by atomic mass is 9.94. The van der Waals surface area contributed by atoms with Gasteiger partial charge in [-0.15, -0.1) is 0 Å². The van der Waals surface area contributed by atoms with E-state index in [4.69, 9.17) is 5.73 Å². The molecule has 1 aliphatic heterocycles. The van der Waals surface area contributed by atoms with Crippen LogP contribution in [0.2, 0.25) is 0 Å². The van der Waals surface area contributed by atoms with Crippen molar-refractivity contribution in [2.75, 3.05) is 13.1 Å². The molecule has 0 radical (unpaired) electrons. The Balaban J connectivity index is 1.96. The molecule has 0 aromatic heterocycles. The Labute approximate surface area is 107 Å². The second-order valence-electron chi connectivity index (χ2n) is 5.08. The Morgan fingerprint density at radius 2 is 2.33 bits per heavy atom. The van der Waals surface area contributed by atoms with Gasteiger partial charge in [0, 0.05) is 19.1 Å². The minimum absolute atomic E-state index is 0.0305. The number of nitrogens with two attached hydrogens (primary N) is 1. The Morgan fingerprint density at radius 1 is 1.56 bits per heavy atom. The van der Waals surface area contributed by atoms with Gasteiger partial charge in [-0.1, -0.05) is 19.1 Å². The summed E-state index contributed by atoms with van der Waals surface area (Å²) in [6.45, 7) is 3.47. The molecule has 1 aromatic rings. The molecule has 0 spiro atoms. The van der Waals surface area contributed by atoms with Crippen molar-refractivity contribution in [3.05, 3.63) is 35.6 Å². The van der Waals surface area contributed by atoms with Gasteiger partial charge >= 0.3 is 0 Å². The molecule has 2 N–H and O–H groups in total. The molecule has 1 heterocycles. The average molecular weight is 250 g/mol. The monoisotopic (exact) mass is 250 g/mol. The van der Waals surface area contributed by atoms with E-state index in [2.05, 4.69) is 6.92 Å². The summed E-state index contributed by atoms with van der Waals surface area (Å²) in [4.78, 5) is 13.9. The molecule has 4 heteroatoms. The first kappa shape index (κ1) is 13.0. The topological polar surface area (TPSA) is 46.3 Å². The number of rotatable bonds is 2. The number of amides is 1. The first-order valence-electron chi connectivity index (χ1n) is 6.34. The fourth-order valence-electron chi connectivity index (χ4n) is 2.26. The molecule has 2 unspecified atom stereocenters. The second-order valence-corrected chi connectivity index (χ2v) is 5.08. The van der Waals surface area contributed by atoms with E-state index in [1.165, 1.54) is 12.1 Å². The van der Waals surface area contributed by atoms with Gasteiger partial charge in [0.2, 0.25) is 5.91 Å². The third kappa shape index (κ3) is 3.07. The number of likely N-dealkylation sites (tertiary alicyclic amines) is 1. The van der Waals surface area contributed by atoms with Crippen molar-refractivity contribution in [3.63, 3.8) is 0 Å².